The second-order valence-electron chi connectivity index (χ2n) is 5.11. The first-order valence-corrected chi connectivity index (χ1v) is 7.61. The molecule has 0 atom stereocenters. The molecule has 116 valence electrons. The van der Waals surface area contributed by atoms with Crippen LogP contribution in [0.4, 0.5) is 0 Å². The van der Waals surface area contributed by atoms with Crippen molar-refractivity contribution in [1.29, 1.82) is 0 Å². The number of benzene rings is 1. The minimum absolute atomic E-state index is 0. The number of ether oxygens (including phenoxy) is 1. The van der Waals surface area contributed by atoms with Crippen molar-refractivity contribution in [2.45, 2.75) is 45.7 Å². The zero-order valence-electron chi connectivity index (χ0n) is 12.7. The fourth-order valence-corrected chi connectivity index (χ4v) is 2.15. The summed E-state index contributed by atoms with van der Waals surface area (Å²) in [5.41, 5.74) is 0. The Balaban J connectivity index is 0.00000220. The van der Waals surface area contributed by atoms with E-state index >= 15 is 0 Å². The van der Waals surface area contributed by atoms with E-state index in [9.17, 15) is 0 Å². The Hall–Kier alpha value is -1.29. The summed E-state index contributed by atoms with van der Waals surface area (Å²) < 4.78 is 10.2. The first kappa shape index (κ1) is 17.8. The van der Waals surface area contributed by atoms with Gasteiger partial charge < -0.3 is 21.7 Å². The number of hydrogen-bond acceptors (Lipinski definition) is 1. The molecule has 2 aromatic rings. The van der Waals surface area contributed by atoms with Crippen LogP contribution in [0.3, 0.4) is 0 Å². The van der Waals surface area contributed by atoms with Crippen LogP contribution in [-0.2, 0) is 13.1 Å². The fourth-order valence-electron chi connectivity index (χ4n) is 2.15. The van der Waals surface area contributed by atoms with E-state index in [2.05, 4.69) is 34.8 Å². The topological polar surface area (TPSA) is 18.0 Å². The number of rotatable bonds is 9. The van der Waals surface area contributed by atoms with E-state index < -0.39 is 0 Å². The number of imidazole rings is 1. The lowest BCUT2D eigenvalue weighted by molar-refractivity contribution is -0.696. The van der Waals surface area contributed by atoms with Crippen LogP contribution in [0.25, 0.3) is 0 Å². The van der Waals surface area contributed by atoms with Gasteiger partial charge in [-0.2, -0.15) is 0 Å². The predicted molar refractivity (Wildman–Crippen MR) is 80.7 cm³/mol. The predicted octanol–water partition coefficient (Wildman–Crippen LogP) is 0.439. The Morgan fingerprint density at radius 3 is 2.67 bits per heavy atom. The van der Waals surface area contributed by atoms with Crippen molar-refractivity contribution in [3.63, 3.8) is 0 Å². The molecule has 0 aliphatic rings. The van der Waals surface area contributed by atoms with Gasteiger partial charge in [-0.3, -0.25) is 0 Å². The Morgan fingerprint density at radius 2 is 1.90 bits per heavy atom. The van der Waals surface area contributed by atoms with E-state index in [1.165, 1.54) is 12.8 Å². The van der Waals surface area contributed by atoms with Gasteiger partial charge in [0.1, 0.15) is 18.1 Å². The largest absolute Gasteiger partial charge is 1.00 e. The average Bonchev–Trinajstić information content (AvgIpc) is 2.94. The summed E-state index contributed by atoms with van der Waals surface area (Å²) in [5, 5.41) is 0. The molecule has 2 rings (SSSR count). The average molecular weight is 353 g/mol. The molecule has 0 amide bonds. The van der Waals surface area contributed by atoms with E-state index in [1.54, 1.807) is 0 Å². The molecule has 0 radical (unpaired) electrons. The molecule has 3 nitrogen and oxygen atoms in total. The first-order chi connectivity index (χ1) is 9.88. The smallest absolute Gasteiger partial charge is 0.243 e. The zero-order valence-corrected chi connectivity index (χ0v) is 14.3. The monoisotopic (exact) mass is 352 g/mol. The SMILES string of the molecule is CCCCn1cc[n+](CCCCOc2ccccc2)c1.[Br-]. The number of para-hydroxylation sites is 1. The highest BCUT2D eigenvalue weighted by Gasteiger charge is 2.02. The van der Waals surface area contributed by atoms with Gasteiger partial charge in [0.15, 0.2) is 0 Å². The van der Waals surface area contributed by atoms with E-state index in [-0.39, 0.29) is 17.0 Å². The van der Waals surface area contributed by atoms with E-state index in [0.717, 1.165) is 38.3 Å². The third kappa shape index (κ3) is 6.80. The Morgan fingerprint density at radius 1 is 1.10 bits per heavy atom. The molecule has 0 aliphatic carbocycles. The summed E-state index contributed by atoms with van der Waals surface area (Å²) in [6.07, 6.45) is 11.3. The maximum absolute atomic E-state index is 5.69. The van der Waals surface area contributed by atoms with Gasteiger partial charge in [0.2, 0.25) is 6.33 Å². The lowest BCUT2D eigenvalue weighted by atomic mass is 10.3. The molecule has 0 saturated heterocycles. The van der Waals surface area contributed by atoms with Crippen LogP contribution in [0.5, 0.6) is 5.75 Å². The zero-order chi connectivity index (χ0) is 14.0. The summed E-state index contributed by atoms with van der Waals surface area (Å²) >= 11 is 0. The highest BCUT2D eigenvalue weighted by atomic mass is 79.9. The van der Waals surface area contributed by atoms with Crippen molar-refractivity contribution in [1.82, 2.24) is 4.57 Å². The standard InChI is InChI=1S/C17H25N2O.BrH/c1-2-3-11-18-13-14-19(16-18)12-7-8-15-20-17-9-5-4-6-10-17;/h4-6,9-10,13-14,16H,2-3,7-8,11-12,15H2,1H3;1H/q+1;/p-1. The third-order valence-electron chi connectivity index (χ3n) is 3.34. The highest BCUT2D eigenvalue weighted by molar-refractivity contribution is 5.20. The summed E-state index contributed by atoms with van der Waals surface area (Å²) in [4.78, 5) is 0. The Bertz CT molecular complexity index is 485. The summed E-state index contributed by atoms with van der Waals surface area (Å²) in [6.45, 7) is 5.21. The van der Waals surface area contributed by atoms with E-state index in [4.69, 9.17) is 4.74 Å². The molecule has 0 N–H and O–H groups in total. The Kier molecular flexibility index (Phi) is 8.83. The molecule has 1 heterocycles. The van der Waals surface area contributed by atoms with Crippen LogP contribution < -0.4 is 26.3 Å². The van der Waals surface area contributed by atoms with Gasteiger partial charge in [-0.15, -0.1) is 0 Å². The van der Waals surface area contributed by atoms with Gasteiger partial charge in [0.25, 0.3) is 0 Å². The molecule has 0 spiro atoms. The molecule has 0 bridgehead atoms. The van der Waals surface area contributed by atoms with Crippen molar-refractivity contribution in [2.75, 3.05) is 6.61 Å². The van der Waals surface area contributed by atoms with Crippen LogP contribution in [-0.4, -0.2) is 11.2 Å². The number of halogens is 1. The van der Waals surface area contributed by atoms with Crippen LogP contribution >= 0.6 is 0 Å². The molecule has 0 aliphatic heterocycles. The number of nitrogens with zero attached hydrogens (tertiary/aromatic N) is 2. The van der Waals surface area contributed by atoms with Crippen molar-refractivity contribution < 1.29 is 26.3 Å². The molecule has 0 unspecified atom stereocenters. The maximum atomic E-state index is 5.69. The molecule has 0 fully saturated rings. The number of aromatic nitrogens is 2. The molecule has 1 aromatic carbocycles. The van der Waals surface area contributed by atoms with Crippen LogP contribution in [0.15, 0.2) is 49.1 Å². The molecule has 0 saturated carbocycles. The summed E-state index contributed by atoms with van der Waals surface area (Å²) in [6, 6.07) is 10.0. The molecular weight excluding hydrogens is 328 g/mol. The van der Waals surface area contributed by atoms with Crippen LogP contribution in [0, 0.1) is 0 Å². The summed E-state index contributed by atoms with van der Waals surface area (Å²) in [5.74, 6) is 0.964. The number of aryl methyl sites for hydroxylation is 2. The van der Waals surface area contributed by atoms with Gasteiger partial charge in [-0.05, 0) is 31.4 Å². The highest BCUT2D eigenvalue weighted by Crippen LogP contribution is 2.08. The van der Waals surface area contributed by atoms with Gasteiger partial charge in [0, 0.05) is 0 Å². The van der Waals surface area contributed by atoms with Crippen molar-refractivity contribution in [3.05, 3.63) is 49.1 Å². The van der Waals surface area contributed by atoms with Gasteiger partial charge in [-0.25, -0.2) is 9.13 Å². The van der Waals surface area contributed by atoms with Crippen molar-refractivity contribution in [3.8, 4) is 5.75 Å². The second-order valence-corrected chi connectivity index (χ2v) is 5.11. The number of unbranched alkanes of at least 4 members (excludes halogenated alkanes) is 2. The normalized spacial score (nSPS) is 10.1. The molecule has 21 heavy (non-hydrogen) atoms. The summed E-state index contributed by atoms with van der Waals surface area (Å²) in [7, 11) is 0. The van der Waals surface area contributed by atoms with Crippen molar-refractivity contribution >= 4 is 0 Å². The maximum Gasteiger partial charge on any atom is 0.243 e. The lowest BCUT2D eigenvalue weighted by Crippen LogP contribution is -3.00. The third-order valence-corrected chi connectivity index (χ3v) is 3.34. The number of hydrogen-bond donors (Lipinski definition) is 0. The lowest BCUT2D eigenvalue weighted by Gasteiger charge is -2.04. The minimum Gasteiger partial charge on any atom is -1.00 e. The first-order valence-electron chi connectivity index (χ1n) is 7.61. The molecule has 4 heteroatoms. The quantitative estimate of drug-likeness (QED) is 0.473. The van der Waals surface area contributed by atoms with Gasteiger partial charge in [-0.1, -0.05) is 31.5 Å². The van der Waals surface area contributed by atoms with Crippen LogP contribution in [0.2, 0.25) is 0 Å². The second kappa shape index (κ2) is 10.4. The minimum atomic E-state index is 0. The van der Waals surface area contributed by atoms with Gasteiger partial charge >= 0.3 is 0 Å². The van der Waals surface area contributed by atoms with Gasteiger partial charge in [0.05, 0.1) is 19.7 Å². The van der Waals surface area contributed by atoms with Crippen molar-refractivity contribution in [2.24, 2.45) is 0 Å². The fraction of sp³-hybridized carbons (Fsp3) is 0.471. The van der Waals surface area contributed by atoms with E-state index in [0.29, 0.717) is 0 Å². The molecular formula is C17H25BrN2O. The Labute approximate surface area is 138 Å². The van der Waals surface area contributed by atoms with E-state index in [1.807, 2.05) is 30.3 Å². The molecule has 1 aromatic heterocycles. The van der Waals surface area contributed by atoms with Crippen LogP contribution in [0.1, 0.15) is 32.6 Å².